The molecule has 2 aliphatic heterocycles. The molecule has 0 spiro atoms. The summed E-state index contributed by atoms with van der Waals surface area (Å²) in [5.41, 5.74) is -3.48. The van der Waals surface area contributed by atoms with E-state index in [9.17, 15) is 39.9 Å². The molecule has 5 N–H and O–H groups in total. The lowest BCUT2D eigenvalue weighted by molar-refractivity contribution is -0.354. The van der Waals surface area contributed by atoms with Crippen molar-refractivity contribution in [2.45, 2.75) is 87.9 Å². The highest BCUT2D eigenvalue weighted by Crippen LogP contribution is 2.66. The van der Waals surface area contributed by atoms with Gasteiger partial charge in [-0.15, -0.1) is 0 Å². The van der Waals surface area contributed by atoms with Crippen molar-refractivity contribution in [1.29, 1.82) is 0 Å². The molecule has 0 amide bonds. The number of hydrogen-bond donors (Lipinski definition) is 5. The molecule has 2 heterocycles. The molecule has 2 saturated heterocycles. The van der Waals surface area contributed by atoms with Crippen LogP contribution >= 0.6 is 0 Å². The number of carboxylic acid groups (broad SMARTS) is 1. The van der Waals surface area contributed by atoms with Crippen LogP contribution < -0.4 is 0 Å². The summed E-state index contributed by atoms with van der Waals surface area (Å²) < 4.78 is 23.2. The highest BCUT2D eigenvalue weighted by atomic mass is 16.7. The molecule has 4 rings (SSSR count). The minimum absolute atomic E-state index is 0.0754. The van der Waals surface area contributed by atoms with Crippen LogP contribution in [0.15, 0.2) is 35.5 Å². The van der Waals surface area contributed by atoms with E-state index in [2.05, 4.69) is 0 Å². The van der Waals surface area contributed by atoms with E-state index < -0.39 is 77.8 Å². The molecular weight excluding hydrogens is 516 g/mol. The van der Waals surface area contributed by atoms with Gasteiger partial charge in [0, 0.05) is 17.1 Å². The third kappa shape index (κ3) is 4.72. The van der Waals surface area contributed by atoms with Gasteiger partial charge in [0.25, 0.3) is 0 Å². The monoisotopic (exact) mass is 552 g/mol. The van der Waals surface area contributed by atoms with Crippen molar-refractivity contribution in [1.82, 2.24) is 0 Å². The Balaban J connectivity index is 1.80. The molecule has 39 heavy (non-hydrogen) atoms. The van der Waals surface area contributed by atoms with Crippen LogP contribution in [0.4, 0.5) is 0 Å². The van der Waals surface area contributed by atoms with Crippen molar-refractivity contribution in [2.75, 3.05) is 13.7 Å². The Morgan fingerprint density at radius 3 is 2.54 bits per heavy atom. The predicted molar refractivity (Wildman–Crippen MR) is 132 cm³/mol. The van der Waals surface area contributed by atoms with E-state index in [1.54, 1.807) is 19.1 Å². The van der Waals surface area contributed by atoms with Crippen LogP contribution in [0.3, 0.4) is 0 Å². The Hall–Kier alpha value is -2.61. The quantitative estimate of drug-likeness (QED) is 0.163. The summed E-state index contributed by atoms with van der Waals surface area (Å²) in [5, 5.41) is 50.3. The highest BCUT2D eigenvalue weighted by Gasteiger charge is 2.74. The van der Waals surface area contributed by atoms with Crippen molar-refractivity contribution in [3.8, 4) is 0 Å². The largest absolute Gasteiger partial charge is 0.478 e. The van der Waals surface area contributed by atoms with Crippen molar-refractivity contribution >= 4 is 17.9 Å². The third-order valence-corrected chi connectivity index (χ3v) is 8.82. The molecular formula is C27H36O12. The minimum atomic E-state index is -1.70. The number of carbonyl (C=O) groups excluding carboxylic acids is 2. The molecule has 3 fully saturated rings. The standard InChI is InChI=1S/C27H36O12/c1-14(21(32)33)5-4-9-25(2)17-8-11-26(24(35)39-25)10-6-15(22(34)36-3)7-12-27(17,26)38-23-20(31)19(30)18(29)16(13-28)37-23/h4-6,9,16-20,23,28-31H,7-8,10-13H2,1-3H3,(H,32,33)/b9-4+,14-5+/t16-,17-,18-,19+,20-,23+,25-,26-,27+/m1/s1. The Morgan fingerprint density at radius 2 is 1.90 bits per heavy atom. The number of aliphatic hydroxyl groups is 4. The van der Waals surface area contributed by atoms with E-state index in [4.69, 9.17) is 18.9 Å². The van der Waals surface area contributed by atoms with E-state index in [-0.39, 0.29) is 24.8 Å². The van der Waals surface area contributed by atoms with Crippen LogP contribution in [0.1, 0.15) is 46.0 Å². The number of aliphatic carboxylic acids is 1. The Labute approximate surface area is 225 Å². The van der Waals surface area contributed by atoms with Crippen LogP contribution in [-0.4, -0.2) is 99.1 Å². The van der Waals surface area contributed by atoms with Gasteiger partial charge in [0.2, 0.25) is 0 Å². The number of ether oxygens (including phenoxy) is 4. The summed E-state index contributed by atoms with van der Waals surface area (Å²) in [7, 11) is 1.26. The maximum absolute atomic E-state index is 13.9. The first kappa shape index (κ1) is 29.4. The van der Waals surface area contributed by atoms with Crippen LogP contribution in [-0.2, 0) is 33.3 Å². The Morgan fingerprint density at radius 1 is 1.18 bits per heavy atom. The first-order valence-corrected chi connectivity index (χ1v) is 12.9. The second-order valence-electron chi connectivity index (χ2n) is 10.9. The lowest BCUT2D eigenvalue weighted by Gasteiger charge is -2.56. The topological polar surface area (TPSA) is 189 Å². The molecule has 216 valence electrons. The average Bonchev–Trinajstić information content (AvgIpc) is 3.05. The molecule has 0 aromatic carbocycles. The van der Waals surface area contributed by atoms with Crippen molar-refractivity contribution in [2.24, 2.45) is 11.3 Å². The zero-order valence-corrected chi connectivity index (χ0v) is 22.1. The lowest BCUT2D eigenvalue weighted by Crippen LogP contribution is -2.68. The van der Waals surface area contributed by atoms with E-state index in [1.807, 2.05) is 0 Å². The van der Waals surface area contributed by atoms with Gasteiger partial charge in [0.15, 0.2) is 6.29 Å². The van der Waals surface area contributed by atoms with Crippen LogP contribution in [0.2, 0.25) is 0 Å². The molecule has 12 heteroatoms. The molecule has 2 aliphatic carbocycles. The van der Waals surface area contributed by atoms with Crippen LogP contribution in [0.25, 0.3) is 0 Å². The molecule has 0 unspecified atom stereocenters. The number of carbonyl (C=O) groups is 3. The molecule has 1 saturated carbocycles. The Kier molecular flexibility index (Phi) is 8.10. The average molecular weight is 553 g/mol. The van der Waals surface area contributed by atoms with Gasteiger partial charge in [-0.2, -0.15) is 0 Å². The smallest absolute Gasteiger partial charge is 0.333 e. The normalized spacial score (nSPS) is 42.4. The molecule has 12 nitrogen and oxygen atoms in total. The second-order valence-corrected chi connectivity index (χ2v) is 10.9. The SMILES string of the molecule is COC(=O)C1=CC[C@@]23CC[C@H]([C@@](C)(/C=C/C=C(\C)C(=O)O)OC2=O)[C@@]3(O[C@@H]2O[C@H](CO)[C@@H](O)[C@H](O)[C@H]2O)CC1. The van der Waals surface area contributed by atoms with Gasteiger partial charge in [0.05, 0.1) is 19.3 Å². The summed E-state index contributed by atoms with van der Waals surface area (Å²) in [4.78, 5) is 37.5. The number of methoxy groups -OCH3 is 1. The zero-order valence-electron chi connectivity index (χ0n) is 22.1. The fourth-order valence-corrected chi connectivity index (χ4v) is 6.60. The van der Waals surface area contributed by atoms with Crippen LogP contribution in [0, 0.1) is 11.3 Å². The number of rotatable bonds is 7. The molecule has 0 aromatic rings. The molecule has 0 aromatic heterocycles. The summed E-state index contributed by atoms with van der Waals surface area (Å²) in [5.74, 6) is -2.77. The minimum Gasteiger partial charge on any atom is -0.478 e. The van der Waals surface area contributed by atoms with E-state index >= 15 is 0 Å². The maximum Gasteiger partial charge on any atom is 0.333 e. The van der Waals surface area contributed by atoms with Gasteiger partial charge in [-0.05, 0) is 52.0 Å². The fourth-order valence-electron chi connectivity index (χ4n) is 6.60. The van der Waals surface area contributed by atoms with Crippen molar-refractivity contribution in [3.05, 3.63) is 35.5 Å². The Bertz CT molecular complexity index is 1090. The molecule has 4 aliphatic rings. The number of carboxylic acids is 1. The van der Waals surface area contributed by atoms with Crippen LogP contribution in [0.5, 0.6) is 0 Å². The number of cyclic esters (lactones) is 1. The molecule has 2 bridgehead atoms. The van der Waals surface area contributed by atoms with Crippen molar-refractivity contribution < 1.29 is 58.9 Å². The third-order valence-electron chi connectivity index (χ3n) is 8.82. The van der Waals surface area contributed by atoms with Gasteiger partial charge >= 0.3 is 17.9 Å². The maximum atomic E-state index is 13.9. The van der Waals surface area contributed by atoms with Gasteiger partial charge in [-0.3, -0.25) is 4.79 Å². The van der Waals surface area contributed by atoms with Gasteiger partial charge in [-0.1, -0.05) is 18.2 Å². The highest BCUT2D eigenvalue weighted by molar-refractivity contribution is 5.89. The lowest BCUT2D eigenvalue weighted by atomic mass is 9.62. The summed E-state index contributed by atoms with van der Waals surface area (Å²) in [6, 6.07) is 0. The van der Waals surface area contributed by atoms with Gasteiger partial charge < -0.3 is 44.5 Å². The molecule has 0 radical (unpaired) electrons. The summed E-state index contributed by atoms with van der Waals surface area (Å²) in [6.45, 7) is 2.46. The van der Waals surface area contributed by atoms with E-state index in [1.165, 1.54) is 26.2 Å². The number of allylic oxidation sites excluding steroid dienone is 3. The van der Waals surface area contributed by atoms with E-state index in [0.717, 1.165) is 0 Å². The zero-order chi connectivity index (χ0) is 28.8. The number of hydrogen-bond acceptors (Lipinski definition) is 11. The molecule has 9 atom stereocenters. The second kappa shape index (κ2) is 10.8. The van der Waals surface area contributed by atoms with Gasteiger partial charge in [-0.25, -0.2) is 9.59 Å². The van der Waals surface area contributed by atoms with Gasteiger partial charge in [0.1, 0.15) is 35.4 Å². The van der Waals surface area contributed by atoms with Crippen molar-refractivity contribution in [3.63, 3.8) is 0 Å². The van der Waals surface area contributed by atoms with E-state index in [0.29, 0.717) is 18.4 Å². The number of aliphatic hydroxyl groups excluding tert-OH is 4. The predicted octanol–water partition coefficient (Wildman–Crippen LogP) is 0.124. The first-order chi connectivity index (χ1) is 18.4. The first-order valence-electron chi connectivity index (χ1n) is 12.9. The summed E-state index contributed by atoms with van der Waals surface area (Å²) in [6.07, 6.45) is -0.440. The number of esters is 2. The fraction of sp³-hybridized carbons (Fsp3) is 0.667. The summed E-state index contributed by atoms with van der Waals surface area (Å²) >= 11 is 0.